The Morgan fingerprint density at radius 1 is 1.24 bits per heavy atom. The van der Waals surface area contributed by atoms with Crippen molar-refractivity contribution >= 4 is 52.6 Å². The third-order valence-corrected chi connectivity index (χ3v) is 8.23. The van der Waals surface area contributed by atoms with Gasteiger partial charge in [-0.25, -0.2) is 24.3 Å². The van der Waals surface area contributed by atoms with Crippen molar-refractivity contribution in [2.24, 2.45) is 0 Å². The molecule has 2 aliphatic rings. The van der Waals surface area contributed by atoms with Crippen LogP contribution in [0.2, 0.25) is 0 Å². The Labute approximate surface area is 239 Å². The fourth-order valence-corrected chi connectivity index (χ4v) is 6.08. The van der Waals surface area contributed by atoms with Gasteiger partial charge in [0.05, 0.1) is 12.9 Å². The average molecular weight is 627 g/mol. The van der Waals surface area contributed by atoms with Gasteiger partial charge in [-0.2, -0.15) is 4.98 Å². The zero-order valence-corrected chi connectivity index (χ0v) is 23.3. The smallest absolute Gasteiger partial charge is 0.325 e. The first-order chi connectivity index (χ1) is 20.1. The lowest BCUT2D eigenvalue weighted by atomic mass is 10.1. The summed E-state index contributed by atoms with van der Waals surface area (Å²) in [5, 5.41) is 11.1. The number of rotatable bonds is 4. The fourth-order valence-electron chi connectivity index (χ4n) is 4.77. The Morgan fingerprint density at radius 2 is 2.02 bits per heavy atom. The van der Waals surface area contributed by atoms with Crippen LogP contribution >= 0.6 is 6.72 Å². The molecule has 7 N–H and O–H groups in total. The average Bonchev–Trinajstić information content (AvgIpc) is 3.65. The van der Waals surface area contributed by atoms with Crippen LogP contribution in [0.15, 0.2) is 35.1 Å². The van der Waals surface area contributed by atoms with Crippen LogP contribution in [0.5, 0.6) is 0 Å². The van der Waals surface area contributed by atoms with Gasteiger partial charge in [-0.3, -0.25) is 23.4 Å². The van der Waals surface area contributed by atoms with Crippen molar-refractivity contribution in [3.63, 3.8) is 0 Å². The number of aromatic nitrogens is 8. The number of hydrogen-bond acceptors (Lipinski definition) is 15. The molecule has 0 radical (unpaired) electrons. The molecule has 0 aliphatic carbocycles. The molecule has 4 aromatic heterocycles. The second-order valence-corrected chi connectivity index (χ2v) is 12.0. The van der Waals surface area contributed by atoms with E-state index in [9.17, 15) is 14.8 Å². The van der Waals surface area contributed by atoms with E-state index in [4.69, 9.17) is 46.5 Å². The lowest BCUT2D eigenvalue weighted by molar-refractivity contribution is -0.157. The number of aliphatic hydroxyl groups is 1. The first-order valence-electron chi connectivity index (χ1n) is 12.2. The maximum Gasteiger partial charge on any atom is 0.325 e. The summed E-state index contributed by atoms with van der Waals surface area (Å²) in [4.78, 5) is 45.5. The lowest BCUT2D eigenvalue weighted by Gasteiger charge is -2.29. The molecular formula is C21H24FN10O8PS. The largest absolute Gasteiger partial charge is 0.469 e. The molecule has 0 saturated carbocycles. The molecule has 6 heterocycles. The molecule has 6 atom stereocenters. The molecule has 6 rings (SSSR count). The van der Waals surface area contributed by atoms with Crippen LogP contribution in [0.3, 0.4) is 0 Å². The van der Waals surface area contributed by atoms with E-state index in [0.29, 0.717) is 16.7 Å². The highest BCUT2D eigenvalue weighted by molar-refractivity contribution is 8.07. The van der Waals surface area contributed by atoms with Crippen molar-refractivity contribution < 1.29 is 37.6 Å². The van der Waals surface area contributed by atoms with Crippen LogP contribution in [-0.4, -0.2) is 87.9 Å². The predicted octanol–water partition coefficient (Wildman–Crippen LogP) is -0.253. The second-order valence-electron chi connectivity index (χ2n) is 9.17. The molecule has 4 aromatic rings. The summed E-state index contributed by atoms with van der Waals surface area (Å²) in [6.07, 6.45) is -3.87. The summed E-state index contributed by atoms with van der Waals surface area (Å²) in [5.41, 5.74) is 11.8. The Balaban J connectivity index is 1.27. The number of H-pyrrole nitrogens is 1. The highest BCUT2D eigenvalue weighted by Gasteiger charge is 2.42. The minimum Gasteiger partial charge on any atom is -0.469 e. The lowest BCUT2D eigenvalue weighted by Crippen LogP contribution is -2.36. The second kappa shape index (κ2) is 10.9. The van der Waals surface area contributed by atoms with Crippen LogP contribution in [0.1, 0.15) is 18.9 Å². The highest BCUT2D eigenvalue weighted by Crippen LogP contribution is 2.49. The van der Waals surface area contributed by atoms with E-state index in [1.807, 2.05) is 0 Å². The minimum absolute atomic E-state index is 0.0937. The van der Waals surface area contributed by atoms with Crippen molar-refractivity contribution in [1.82, 2.24) is 39.0 Å². The van der Waals surface area contributed by atoms with Gasteiger partial charge in [0.25, 0.3) is 5.56 Å². The molecule has 2 aliphatic heterocycles. The van der Waals surface area contributed by atoms with Crippen molar-refractivity contribution in [2.45, 2.75) is 37.4 Å². The van der Waals surface area contributed by atoms with Crippen LogP contribution in [0.25, 0.3) is 22.3 Å². The van der Waals surface area contributed by atoms with Crippen LogP contribution in [-0.2, 0) is 35.1 Å². The molecule has 21 heteroatoms. The van der Waals surface area contributed by atoms with Gasteiger partial charge in [0.2, 0.25) is 18.5 Å². The first-order valence-corrected chi connectivity index (χ1v) is 14.8. The summed E-state index contributed by atoms with van der Waals surface area (Å²) >= 11 is 5.13. The number of imidazole rings is 2. The Morgan fingerprint density at radius 3 is 2.81 bits per heavy atom. The number of aromatic amines is 1. The highest BCUT2D eigenvalue weighted by atomic mass is 32.5. The number of nitrogens with one attached hydrogen (secondary N) is 1. The number of aliphatic hydroxyl groups excluding tert-OH is 1. The first kappa shape index (κ1) is 28.5. The fraction of sp³-hybridized carbons (Fsp3) is 0.429. The number of nitrogen functional groups attached to an aromatic ring is 2. The van der Waals surface area contributed by atoms with Crippen molar-refractivity contribution in [2.75, 3.05) is 31.8 Å². The van der Waals surface area contributed by atoms with Gasteiger partial charge in [-0.1, -0.05) is 0 Å². The summed E-state index contributed by atoms with van der Waals surface area (Å²) in [5.74, 6) is 0.149. The number of nitrogens with zero attached hydrogens (tertiary/aromatic N) is 7. The van der Waals surface area contributed by atoms with Crippen LogP contribution < -0.4 is 17.0 Å². The third-order valence-electron chi connectivity index (χ3n) is 6.69. The zero-order valence-electron chi connectivity index (χ0n) is 21.6. The van der Waals surface area contributed by atoms with Gasteiger partial charge in [-0.15, -0.1) is 0 Å². The van der Waals surface area contributed by atoms with Gasteiger partial charge < -0.3 is 40.2 Å². The number of methoxy groups -OCH3 is 1. The van der Waals surface area contributed by atoms with Crippen molar-refractivity contribution in [3.05, 3.63) is 40.7 Å². The topological polar surface area (TPSA) is 246 Å². The molecule has 1 unspecified atom stereocenters. The predicted molar refractivity (Wildman–Crippen MR) is 144 cm³/mol. The molecule has 0 aromatic carbocycles. The Bertz CT molecular complexity index is 1800. The number of halogens is 1. The van der Waals surface area contributed by atoms with E-state index in [1.54, 1.807) is 4.57 Å². The monoisotopic (exact) mass is 626 g/mol. The molecular weight excluding hydrogens is 602 g/mol. The molecule has 224 valence electrons. The summed E-state index contributed by atoms with van der Waals surface area (Å²) in [6.45, 7) is -4.87. The molecule has 0 bridgehead atoms. The van der Waals surface area contributed by atoms with Gasteiger partial charge in [-0.05, 0) is 18.2 Å². The van der Waals surface area contributed by atoms with Gasteiger partial charge in [0, 0.05) is 12.7 Å². The molecule has 0 spiro atoms. The van der Waals surface area contributed by atoms with Gasteiger partial charge in [0.1, 0.15) is 36.6 Å². The molecule has 0 fully saturated rings. The number of alkyl halides is 1. The van der Waals surface area contributed by atoms with E-state index in [2.05, 4.69) is 29.9 Å². The molecule has 18 nitrogen and oxygen atoms in total. The molecule has 0 saturated heterocycles. The van der Waals surface area contributed by atoms with Gasteiger partial charge >= 0.3 is 6.72 Å². The molecule has 0 amide bonds. The number of fused-ring (bicyclic) bond motifs is 2. The van der Waals surface area contributed by atoms with E-state index in [0.717, 1.165) is 10.9 Å². The zero-order chi connectivity index (χ0) is 29.8. The van der Waals surface area contributed by atoms with Crippen LogP contribution in [0.4, 0.5) is 16.2 Å². The standard InChI is InChI=1S/C21H24FN10O8PS/c1-36-12-8-2-3-37-14(22)13(19(34)31-6-28-11-17(31)29-21(24)30-18(11)33)40-41(35,42)38-4-9(8)39-20(12)32-7-27-10-15(23)25-5-26-16(10)32/h5-7,12-14,19-20,34H,2-4H2,1H3,(H,35,42)(H2,23,25,26)(H3,24,29,30,33)/t12-,13-,14+,19-,20-,41?/m1/s1. The number of nitrogens with two attached hydrogens (primary N) is 2. The minimum atomic E-state index is -4.26. The quantitative estimate of drug-likeness (QED) is 0.183. The van der Waals surface area contributed by atoms with E-state index in [1.165, 1.54) is 19.8 Å². The normalized spacial score (nSPS) is 28.0. The van der Waals surface area contributed by atoms with E-state index >= 15 is 4.39 Å². The summed E-state index contributed by atoms with van der Waals surface area (Å²) < 4.78 is 46.3. The van der Waals surface area contributed by atoms with E-state index < -0.39 is 43.3 Å². The maximum atomic E-state index is 15.5. The number of anilines is 2. The van der Waals surface area contributed by atoms with Gasteiger partial charge in [0.15, 0.2) is 35.0 Å². The van der Waals surface area contributed by atoms with Crippen molar-refractivity contribution in [1.29, 1.82) is 0 Å². The summed E-state index contributed by atoms with van der Waals surface area (Å²) in [6, 6.07) is 0. The number of hydrogen-bond donors (Lipinski definition) is 5. The third kappa shape index (κ3) is 5.01. The van der Waals surface area contributed by atoms with Crippen molar-refractivity contribution in [3.8, 4) is 0 Å². The summed E-state index contributed by atoms with van der Waals surface area (Å²) in [7, 11) is 1.46. The SMILES string of the molecule is CO[C@@H]1C2=C(COP(O)(=S)O[C@@H]([C@@H](O)n3cnc4c(=O)[nH]c(N)nc43)[C@@H](F)OCC2)O[C@H]1n1cnc2c(N)ncnc21. The Hall–Kier alpha value is -3.62. The number of ether oxygens (including phenoxy) is 3. The Kier molecular flexibility index (Phi) is 7.39. The maximum absolute atomic E-state index is 15.5. The van der Waals surface area contributed by atoms with Crippen LogP contribution in [0, 0.1) is 0 Å². The molecule has 42 heavy (non-hydrogen) atoms. The van der Waals surface area contributed by atoms with E-state index in [-0.39, 0.29) is 48.3 Å².